The number of fused-ring (bicyclic) bond motifs is 1. The van der Waals surface area contributed by atoms with Gasteiger partial charge in [-0.05, 0) is 48.8 Å². The van der Waals surface area contributed by atoms with Crippen LogP contribution in [0.25, 0.3) is 0 Å². The van der Waals surface area contributed by atoms with Gasteiger partial charge in [-0.2, -0.15) is 0 Å². The van der Waals surface area contributed by atoms with Crippen molar-refractivity contribution >= 4 is 23.3 Å². The summed E-state index contributed by atoms with van der Waals surface area (Å²) in [5.41, 5.74) is 2.26. The molecule has 0 bridgehead atoms. The van der Waals surface area contributed by atoms with Gasteiger partial charge in [0.2, 0.25) is 0 Å². The van der Waals surface area contributed by atoms with Crippen molar-refractivity contribution in [3.63, 3.8) is 0 Å². The molecule has 2 aromatic rings. The Morgan fingerprint density at radius 1 is 1.36 bits per heavy atom. The van der Waals surface area contributed by atoms with Gasteiger partial charge in [0.05, 0.1) is 11.2 Å². The topological polar surface area (TPSA) is 75.2 Å². The largest absolute Gasteiger partial charge is 0.345 e. The molecule has 6 nitrogen and oxygen atoms in total. The van der Waals surface area contributed by atoms with E-state index in [4.69, 9.17) is 0 Å². The Morgan fingerprint density at radius 3 is 3.04 bits per heavy atom. The number of rotatable bonds is 2. The molecular weight excluding hydrogens is 336 g/mol. The molecule has 1 aromatic heterocycles. The third-order valence-corrected chi connectivity index (χ3v) is 6.00. The number of aryl methyl sites for hydroxylation is 2. The van der Waals surface area contributed by atoms with Crippen molar-refractivity contribution in [1.29, 1.82) is 0 Å². The average molecular weight is 356 g/mol. The number of carbonyl (C=O) groups excluding carboxylic acids is 2. The van der Waals surface area contributed by atoms with E-state index < -0.39 is 0 Å². The average Bonchev–Trinajstić information content (AvgIpc) is 3.24. The van der Waals surface area contributed by atoms with E-state index in [0.29, 0.717) is 24.4 Å². The van der Waals surface area contributed by atoms with Crippen LogP contribution in [0.2, 0.25) is 0 Å². The molecule has 4 rings (SSSR count). The monoisotopic (exact) mass is 356 g/mol. The van der Waals surface area contributed by atoms with Crippen molar-refractivity contribution in [2.45, 2.75) is 38.1 Å². The first-order chi connectivity index (χ1) is 12.1. The molecule has 1 saturated heterocycles. The lowest BCUT2D eigenvalue weighted by Crippen LogP contribution is -2.50. The molecule has 1 N–H and O–H groups in total. The molecule has 130 valence electrons. The molecule has 7 heteroatoms. The fourth-order valence-corrected chi connectivity index (χ4v) is 4.52. The predicted octanol–water partition coefficient (Wildman–Crippen LogP) is 2.06. The number of aromatic nitrogens is 2. The number of nitrogens with one attached hydrogen (secondary N) is 1. The fourth-order valence-electron chi connectivity index (χ4n) is 3.80. The van der Waals surface area contributed by atoms with E-state index in [9.17, 15) is 9.59 Å². The van der Waals surface area contributed by atoms with Crippen LogP contribution in [0.4, 0.5) is 0 Å². The molecule has 0 unspecified atom stereocenters. The molecular formula is C18H20N4O2S. The number of amides is 2. The molecule has 0 saturated carbocycles. The summed E-state index contributed by atoms with van der Waals surface area (Å²) in [7, 11) is 0. The molecule has 2 aliphatic heterocycles. The van der Waals surface area contributed by atoms with Gasteiger partial charge in [0.25, 0.3) is 11.8 Å². The summed E-state index contributed by atoms with van der Waals surface area (Å²) in [5.74, 6) is -0.0455. The number of hydrogen-bond donors (Lipinski definition) is 1. The van der Waals surface area contributed by atoms with Gasteiger partial charge in [0.15, 0.2) is 0 Å². The van der Waals surface area contributed by atoms with Crippen molar-refractivity contribution in [2.24, 2.45) is 0 Å². The molecule has 0 aliphatic carbocycles. The van der Waals surface area contributed by atoms with Gasteiger partial charge >= 0.3 is 0 Å². The summed E-state index contributed by atoms with van der Waals surface area (Å²) < 4.78 is 3.92. The lowest BCUT2D eigenvalue weighted by molar-refractivity contribution is 0.0767. The molecule has 3 heterocycles. The van der Waals surface area contributed by atoms with Gasteiger partial charge in [0.1, 0.15) is 4.88 Å². The summed E-state index contributed by atoms with van der Waals surface area (Å²) in [6.07, 6.45) is 3.18. The quantitative estimate of drug-likeness (QED) is 0.894. The molecule has 1 aromatic carbocycles. The van der Waals surface area contributed by atoms with Crippen molar-refractivity contribution in [3.8, 4) is 0 Å². The Bertz CT molecular complexity index is 834. The van der Waals surface area contributed by atoms with Gasteiger partial charge in [-0.3, -0.25) is 9.59 Å². The number of nitrogens with zero attached hydrogens (tertiary/aromatic N) is 3. The fraction of sp³-hybridized carbons (Fsp3) is 0.444. The van der Waals surface area contributed by atoms with Crippen molar-refractivity contribution < 1.29 is 9.59 Å². The van der Waals surface area contributed by atoms with Crippen molar-refractivity contribution in [2.75, 3.05) is 13.1 Å². The van der Waals surface area contributed by atoms with E-state index in [1.54, 1.807) is 0 Å². The highest BCUT2D eigenvalue weighted by Crippen LogP contribution is 2.32. The lowest BCUT2D eigenvalue weighted by atomic mass is 9.91. The van der Waals surface area contributed by atoms with Crippen molar-refractivity contribution in [1.82, 2.24) is 19.8 Å². The Hall–Kier alpha value is -2.28. The van der Waals surface area contributed by atoms with Crippen LogP contribution in [0.15, 0.2) is 24.3 Å². The minimum absolute atomic E-state index is 0.0141. The third kappa shape index (κ3) is 2.82. The lowest BCUT2D eigenvalue weighted by Gasteiger charge is -2.28. The van der Waals surface area contributed by atoms with E-state index in [-0.39, 0.29) is 17.4 Å². The Kier molecular flexibility index (Phi) is 4.03. The minimum Gasteiger partial charge on any atom is -0.345 e. The van der Waals surface area contributed by atoms with Crippen LogP contribution in [0.5, 0.6) is 0 Å². The molecule has 1 fully saturated rings. The van der Waals surface area contributed by atoms with Crippen molar-refractivity contribution in [3.05, 3.63) is 46.0 Å². The van der Waals surface area contributed by atoms with Crippen LogP contribution in [-0.2, 0) is 12.8 Å². The van der Waals surface area contributed by atoms with Crippen LogP contribution in [-0.4, -0.2) is 44.9 Å². The van der Waals surface area contributed by atoms with Crippen LogP contribution >= 0.6 is 11.5 Å². The maximum Gasteiger partial charge on any atom is 0.267 e. The molecule has 2 aliphatic rings. The first-order valence-corrected chi connectivity index (χ1v) is 9.40. The number of hydrogen-bond acceptors (Lipinski definition) is 5. The van der Waals surface area contributed by atoms with E-state index in [0.717, 1.165) is 47.6 Å². The first-order valence-electron chi connectivity index (χ1n) is 8.63. The summed E-state index contributed by atoms with van der Waals surface area (Å²) in [4.78, 5) is 27.9. The van der Waals surface area contributed by atoms with E-state index in [2.05, 4.69) is 14.9 Å². The van der Waals surface area contributed by atoms with E-state index in [1.807, 2.05) is 36.1 Å². The third-order valence-electron chi connectivity index (χ3n) is 5.24. The van der Waals surface area contributed by atoms with Gasteiger partial charge in [-0.1, -0.05) is 29.6 Å². The SMILES string of the molecule is CCc1nnsc1C(=O)N1CC[C@@]2(CCc3ccccc3C(=O)N2)C1. The van der Waals surface area contributed by atoms with E-state index >= 15 is 0 Å². The number of likely N-dealkylation sites (tertiary alicyclic amines) is 1. The standard InChI is InChI=1S/C18H20N4O2S/c1-2-14-15(25-21-20-14)17(24)22-10-9-18(11-22)8-7-12-5-3-4-6-13(12)16(23)19-18/h3-6H,2,7-11H2,1H3,(H,19,23)/t18-/m0/s1. The molecule has 1 atom stereocenters. The zero-order valence-corrected chi connectivity index (χ0v) is 14.9. The number of benzene rings is 1. The zero-order valence-electron chi connectivity index (χ0n) is 14.1. The summed E-state index contributed by atoms with van der Waals surface area (Å²) in [5, 5.41) is 7.25. The van der Waals surface area contributed by atoms with Gasteiger partial charge in [0, 0.05) is 18.7 Å². The van der Waals surface area contributed by atoms with E-state index in [1.165, 1.54) is 0 Å². The van der Waals surface area contributed by atoms with Crippen LogP contribution in [0.1, 0.15) is 51.1 Å². The van der Waals surface area contributed by atoms with Crippen LogP contribution in [0, 0.1) is 0 Å². The predicted molar refractivity (Wildman–Crippen MR) is 94.8 cm³/mol. The maximum absolute atomic E-state index is 12.8. The second kappa shape index (κ2) is 6.22. The zero-order chi connectivity index (χ0) is 17.4. The maximum atomic E-state index is 12.8. The Morgan fingerprint density at radius 2 is 2.20 bits per heavy atom. The normalized spacial score (nSPS) is 22.6. The smallest absolute Gasteiger partial charge is 0.267 e. The van der Waals surface area contributed by atoms with Gasteiger partial charge in [-0.25, -0.2) is 0 Å². The summed E-state index contributed by atoms with van der Waals surface area (Å²) >= 11 is 1.16. The first kappa shape index (κ1) is 16.2. The second-order valence-corrected chi connectivity index (χ2v) is 7.52. The Labute approximate surface area is 150 Å². The molecule has 1 spiro atoms. The molecule has 0 radical (unpaired) electrons. The molecule has 25 heavy (non-hydrogen) atoms. The van der Waals surface area contributed by atoms with Gasteiger partial charge in [-0.15, -0.1) is 5.10 Å². The Balaban J connectivity index is 1.54. The highest BCUT2D eigenvalue weighted by atomic mass is 32.1. The summed E-state index contributed by atoms with van der Waals surface area (Å²) in [6, 6.07) is 7.75. The van der Waals surface area contributed by atoms with Crippen LogP contribution < -0.4 is 5.32 Å². The highest BCUT2D eigenvalue weighted by molar-refractivity contribution is 7.08. The number of carbonyl (C=O) groups is 2. The second-order valence-electron chi connectivity index (χ2n) is 6.77. The van der Waals surface area contributed by atoms with Gasteiger partial charge < -0.3 is 10.2 Å². The summed E-state index contributed by atoms with van der Waals surface area (Å²) in [6.45, 7) is 3.17. The van der Waals surface area contributed by atoms with Crippen LogP contribution in [0.3, 0.4) is 0 Å². The highest BCUT2D eigenvalue weighted by Gasteiger charge is 2.43. The molecule has 2 amide bonds. The minimum atomic E-state index is -0.337.